The Morgan fingerprint density at radius 2 is 2.25 bits per heavy atom. The summed E-state index contributed by atoms with van der Waals surface area (Å²) in [5, 5.41) is 0. The second-order valence-corrected chi connectivity index (χ2v) is 4.25. The Morgan fingerprint density at radius 3 is 2.88 bits per heavy atom. The van der Waals surface area contributed by atoms with Gasteiger partial charge in [0.2, 0.25) is 0 Å². The van der Waals surface area contributed by atoms with Crippen molar-refractivity contribution in [1.82, 2.24) is 0 Å². The molecule has 0 atom stereocenters. The summed E-state index contributed by atoms with van der Waals surface area (Å²) in [6.07, 6.45) is 3.45. The van der Waals surface area contributed by atoms with Crippen molar-refractivity contribution in [2.24, 2.45) is 5.92 Å². The van der Waals surface area contributed by atoms with Gasteiger partial charge in [0.05, 0.1) is 12.2 Å². The molecular formula is C13H15FO2. The predicted octanol–water partition coefficient (Wildman–Crippen LogP) is 3.21. The van der Waals surface area contributed by atoms with Crippen LogP contribution in [0.4, 0.5) is 4.39 Å². The lowest BCUT2D eigenvalue weighted by Gasteiger charge is -2.10. The molecule has 3 heteroatoms. The number of hydrogen-bond donors (Lipinski definition) is 0. The molecule has 1 aliphatic carbocycles. The number of rotatable bonds is 5. The second-order valence-electron chi connectivity index (χ2n) is 4.25. The summed E-state index contributed by atoms with van der Waals surface area (Å²) in [6, 6.07) is 4.44. The van der Waals surface area contributed by atoms with Crippen molar-refractivity contribution < 1.29 is 13.9 Å². The van der Waals surface area contributed by atoms with Gasteiger partial charge in [-0.1, -0.05) is 18.9 Å². The topological polar surface area (TPSA) is 26.3 Å². The number of benzene rings is 1. The van der Waals surface area contributed by atoms with Gasteiger partial charge in [0, 0.05) is 0 Å². The van der Waals surface area contributed by atoms with Crippen LogP contribution in [0.5, 0.6) is 5.75 Å². The minimum atomic E-state index is -0.455. The molecule has 16 heavy (non-hydrogen) atoms. The average Bonchev–Trinajstić information content (AvgIpc) is 3.04. The zero-order valence-electron chi connectivity index (χ0n) is 9.33. The first-order chi connectivity index (χ1) is 7.68. The number of ketones is 1. The zero-order valence-corrected chi connectivity index (χ0v) is 9.33. The largest absolute Gasteiger partial charge is 0.490 e. The van der Waals surface area contributed by atoms with E-state index in [-0.39, 0.29) is 11.5 Å². The Hall–Kier alpha value is -1.38. The monoisotopic (exact) mass is 222 g/mol. The van der Waals surface area contributed by atoms with E-state index < -0.39 is 5.82 Å². The van der Waals surface area contributed by atoms with Gasteiger partial charge in [-0.05, 0) is 31.4 Å². The first kappa shape index (κ1) is 11.1. The van der Waals surface area contributed by atoms with Crippen molar-refractivity contribution in [3.05, 3.63) is 29.6 Å². The van der Waals surface area contributed by atoms with Crippen LogP contribution in [0.1, 0.15) is 36.5 Å². The molecule has 0 radical (unpaired) electrons. The van der Waals surface area contributed by atoms with Gasteiger partial charge in [-0.2, -0.15) is 0 Å². The molecule has 1 aromatic rings. The van der Waals surface area contributed by atoms with Crippen molar-refractivity contribution in [2.75, 3.05) is 6.61 Å². The highest BCUT2D eigenvalue weighted by Gasteiger charge is 2.21. The predicted molar refractivity (Wildman–Crippen MR) is 59.2 cm³/mol. The quantitative estimate of drug-likeness (QED) is 0.715. The van der Waals surface area contributed by atoms with Crippen molar-refractivity contribution in [1.29, 1.82) is 0 Å². The number of para-hydroxylation sites is 1. The molecule has 0 heterocycles. The van der Waals surface area contributed by atoms with Gasteiger partial charge < -0.3 is 4.74 Å². The van der Waals surface area contributed by atoms with Gasteiger partial charge in [-0.25, -0.2) is 4.39 Å². The van der Waals surface area contributed by atoms with E-state index in [2.05, 4.69) is 0 Å². The molecule has 1 aromatic carbocycles. The average molecular weight is 222 g/mol. The minimum absolute atomic E-state index is 0.107. The number of carbonyl (C=O) groups is 1. The lowest BCUT2D eigenvalue weighted by atomic mass is 10.1. The number of carbonyl (C=O) groups excluding carboxylic acids is 1. The first-order valence-electron chi connectivity index (χ1n) is 5.60. The number of hydrogen-bond acceptors (Lipinski definition) is 2. The van der Waals surface area contributed by atoms with E-state index in [1.54, 1.807) is 6.07 Å². The Morgan fingerprint density at radius 1 is 1.50 bits per heavy atom. The Kier molecular flexibility index (Phi) is 3.22. The van der Waals surface area contributed by atoms with E-state index in [4.69, 9.17) is 4.74 Å². The molecular weight excluding hydrogens is 207 g/mol. The zero-order chi connectivity index (χ0) is 11.5. The highest BCUT2D eigenvalue weighted by atomic mass is 19.1. The van der Waals surface area contributed by atoms with Gasteiger partial charge >= 0.3 is 0 Å². The summed E-state index contributed by atoms with van der Waals surface area (Å²) in [4.78, 5) is 11.3. The van der Waals surface area contributed by atoms with Crippen LogP contribution in [-0.2, 0) is 0 Å². The van der Waals surface area contributed by atoms with Crippen LogP contribution < -0.4 is 4.74 Å². The highest BCUT2D eigenvalue weighted by Crippen LogP contribution is 2.32. The van der Waals surface area contributed by atoms with Crippen LogP contribution in [0.25, 0.3) is 0 Å². The smallest absolute Gasteiger partial charge is 0.165 e. The van der Waals surface area contributed by atoms with Crippen LogP contribution in [0, 0.1) is 11.7 Å². The molecule has 1 aliphatic rings. The van der Waals surface area contributed by atoms with Crippen LogP contribution >= 0.6 is 0 Å². The summed E-state index contributed by atoms with van der Waals surface area (Å²) in [5.74, 6) is 0.229. The van der Waals surface area contributed by atoms with Gasteiger partial charge in [0.1, 0.15) is 0 Å². The van der Waals surface area contributed by atoms with Crippen LogP contribution in [0.3, 0.4) is 0 Å². The Balaban J connectivity index is 2.06. The fourth-order valence-corrected chi connectivity index (χ4v) is 1.67. The lowest BCUT2D eigenvalue weighted by molar-refractivity contribution is 0.101. The fourth-order valence-electron chi connectivity index (χ4n) is 1.67. The summed E-state index contributed by atoms with van der Waals surface area (Å²) in [6.45, 7) is 1.91. The highest BCUT2D eigenvalue weighted by molar-refractivity contribution is 5.96. The van der Waals surface area contributed by atoms with E-state index in [0.717, 1.165) is 12.3 Å². The third-order valence-electron chi connectivity index (χ3n) is 2.82. The minimum Gasteiger partial charge on any atom is -0.490 e. The molecule has 0 spiro atoms. The normalized spacial score (nSPS) is 14.9. The summed E-state index contributed by atoms with van der Waals surface area (Å²) >= 11 is 0. The summed E-state index contributed by atoms with van der Waals surface area (Å²) in [5.41, 5.74) is 0.329. The Labute approximate surface area is 94.4 Å². The van der Waals surface area contributed by atoms with Crippen molar-refractivity contribution in [2.45, 2.75) is 26.2 Å². The maximum Gasteiger partial charge on any atom is 0.165 e. The SMILES string of the molecule is CC(=O)c1cccc(F)c1OCCC1CC1. The summed E-state index contributed by atoms with van der Waals surface area (Å²) < 4.78 is 18.9. The molecule has 0 bridgehead atoms. The van der Waals surface area contributed by atoms with E-state index in [9.17, 15) is 9.18 Å². The first-order valence-corrected chi connectivity index (χ1v) is 5.60. The molecule has 1 fully saturated rings. The van der Waals surface area contributed by atoms with Gasteiger partial charge in [-0.3, -0.25) is 4.79 Å². The third-order valence-corrected chi connectivity index (χ3v) is 2.82. The molecule has 0 unspecified atom stereocenters. The van der Waals surface area contributed by atoms with E-state index >= 15 is 0 Å². The van der Waals surface area contributed by atoms with E-state index in [1.807, 2.05) is 0 Å². The van der Waals surface area contributed by atoms with Gasteiger partial charge in [0.15, 0.2) is 17.3 Å². The molecule has 0 amide bonds. The van der Waals surface area contributed by atoms with Crippen molar-refractivity contribution in [3.63, 3.8) is 0 Å². The van der Waals surface area contributed by atoms with Gasteiger partial charge in [-0.15, -0.1) is 0 Å². The molecule has 0 aromatic heterocycles. The molecule has 2 nitrogen and oxygen atoms in total. The molecule has 86 valence electrons. The maximum atomic E-state index is 13.5. The number of Topliss-reactive ketones (excluding diaryl/α,β-unsaturated/α-hetero) is 1. The van der Waals surface area contributed by atoms with Crippen LogP contribution in [0.2, 0.25) is 0 Å². The molecule has 1 saturated carbocycles. The van der Waals surface area contributed by atoms with Crippen molar-refractivity contribution in [3.8, 4) is 5.75 Å². The number of halogens is 1. The Bertz CT molecular complexity index is 397. The van der Waals surface area contributed by atoms with Crippen LogP contribution in [0.15, 0.2) is 18.2 Å². The van der Waals surface area contributed by atoms with E-state index in [0.29, 0.717) is 12.2 Å². The number of ether oxygens (including phenoxy) is 1. The molecule has 0 N–H and O–H groups in total. The third kappa shape index (κ3) is 2.60. The van der Waals surface area contributed by atoms with Crippen LogP contribution in [-0.4, -0.2) is 12.4 Å². The maximum absolute atomic E-state index is 13.5. The second kappa shape index (κ2) is 4.64. The fraction of sp³-hybridized carbons (Fsp3) is 0.462. The lowest BCUT2D eigenvalue weighted by Crippen LogP contribution is -2.05. The standard InChI is InChI=1S/C13H15FO2/c1-9(15)11-3-2-4-12(14)13(11)16-8-7-10-5-6-10/h2-4,10H,5-8H2,1H3. The van der Waals surface area contributed by atoms with E-state index in [1.165, 1.54) is 31.9 Å². The molecule has 0 aliphatic heterocycles. The molecule has 2 rings (SSSR count). The molecule has 0 saturated heterocycles. The summed E-state index contributed by atoms with van der Waals surface area (Å²) in [7, 11) is 0. The van der Waals surface area contributed by atoms with Gasteiger partial charge in [0.25, 0.3) is 0 Å². The van der Waals surface area contributed by atoms with Crippen molar-refractivity contribution >= 4 is 5.78 Å².